The maximum absolute atomic E-state index is 12.7. The normalized spacial score (nSPS) is 23.4. The van der Waals surface area contributed by atoms with Crippen molar-refractivity contribution in [3.63, 3.8) is 0 Å². The van der Waals surface area contributed by atoms with Crippen molar-refractivity contribution in [3.8, 4) is 0 Å². The third-order valence-electron chi connectivity index (χ3n) is 5.50. The third kappa shape index (κ3) is 3.29. The van der Waals surface area contributed by atoms with Crippen LogP contribution < -0.4 is 0 Å². The fraction of sp³-hybridized carbons (Fsp3) is 0.706. The Morgan fingerprint density at radius 2 is 2.08 bits per heavy atom. The molecule has 1 amide bonds. The van der Waals surface area contributed by atoms with Gasteiger partial charge in [0.1, 0.15) is 17.2 Å². The number of likely N-dealkylation sites (tertiary alicyclic amines) is 1. The Morgan fingerprint density at radius 1 is 1.32 bits per heavy atom. The maximum atomic E-state index is 12.7. The Morgan fingerprint density at radius 3 is 2.68 bits per heavy atom. The Labute approximate surface area is 146 Å². The smallest absolute Gasteiger partial charge is 0.312 e. The average molecular weight is 348 g/mol. The van der Waals surface area contributed by atoms with Gasteiger partial charge in [0.2, 0.25) is 5.91 Å². The molecule has 8 heteroatoms. The second-order valence-corrected chi connectivity index (χ2v) is 7.01. The van der Waals surface area contributed by atoms with Crippen molar-refractivity contribution in [1.29, 1.82) is 0 Å². The van der Waals surface area contributed by atoms with Gasteiger partial charge >= 0.3 is 5.69 Å². The Bertz CT molecular complexity index is 712. The number of rotatable bonds is 5. The first-order chi connectivity index (χ1) is 11.9. The lowest BCUT2D eigenvalue weighted by atomic mass is 9.95. The molecular weight excluding hydrogens is 324 g/mol. The van der Waals surface area contributed by atoms with Crippen molar-refractivity contribution in [2.75, 3.05) is 6.54 Å². The largest absolute Gasteiger partial charge is 0.339 e. The van der Waals surface area contributed by atoms with Gasteiger partial charge in [-0.15, -0.1) is 0 Å². The number of nitro groups is 1. The minimum atomic E-state index is -0.432. The quantitative estimate of drug-likeness (QED) is 0.600. The lowest BCUT2D eigenvalue weighted by molar-refractivity contribution is -0.386. The van der Waals surface area contributed by atoms with Gasteiger partial charge in [0, 0.05) is 31.3 Å². The summed E-state index contributed by atoms with van der Waals surface area (Å²) >= 11 is 0. The molecule has 136 valence electrons. The number of hydrogen-bond donors (Lipinski definition) is 0. The van der Waals surface area contributed by atoms with Crippen LogP contribution in [0.3, 0.4) is 0 Å². The number of Topliss-reactive ketones (excluding diaryl/α,β-unsaturated/α-hetero) is 1. The van der Waals surface area contributed by atoms with Crippen LogP contribution in [-0.4, -0.2) is 43.9 Å². The maximum Gasteiger partial charge on any atom is 0.312 e. The summed E-state index contributed by atoms with van der Waals surface area (Å²) < 4.78 is 1.54. The second-order valence-electron chi connectivity index (χ2n) is 7.01. The van der Waals surface area contributed by atoms with E-state index >= 15 is 0 Å². The molecule has 1 aliphatic heterocycles. The molecule has 3 rings (SSSR count). The van der Waals surface area contributed by atoms with E-state index in [4.69, 9.17) is 0 Å². The molecular formula is C17H24N4O4. The van der Waals surface area contributed by atoms with E-state index in [2.05, 4.69) is 5.10 Å². The van der Waals surface area contributed by atoms with Crippen LogP contribution in [0.5, 0.6) is 0 Å². The highest BCUT2D eigenvalue weighted by Crippen LogP contribution is 2.33. The number of amides is 1. The second kappa shape index (κ2) is 6.93. The molecule has 1 aromatic heterocycles. The standard InChI is InChI=1S/C17H24N4O4/c1-11-17(21(24)25)12(2)20(18-11)10-8-16(23)19-9-4-6-14(19)13-5-3-7-15(13)22/h13-14H,3-10H2,1-2H3/t13-,14+/m0/s1. The number of hydrogen-bond acceptors (Lipinski definition) is 5. The van der Waals surface area contributed by atoms with Gasteiger partial charge in [-0.3, -0.25) is 24.4 Å². The monoisotopic (exact) mass is 348 g/mol. The zero-order valence-corrected chi connectivity index (χ0v) is 14.7. The molecule has 2 fully saturated rings. The predicted octanol–water partition coefficient (Wildman–Crippen LogP) is 2.16. The lowest BCUT2D eigenvalue weighted by Gasteiger charge is -2.28. The van der Waals surface area contributed by atoms with Gasteiger partial charge in [-0.05, 0) is 39.5 Å². The number of carbonyl (C=O) groups is 2. The summed E-state index contributed by atoms with van der Waals surface area (Å²) in [5, 5.41) is 15.3. The lowest BCUT2D eigenvalue weighted by Crippen LogP contribution is -2.41. The highest BCUT2D eigenvalue weighted by atomic mass is 16.6. The minimum absolute atomic E-state index is 0.00113. The fourth-order valence-corrected chi connectivity index (χ4v) is 4.28. The highest BCUT2D eigenvalue weighted by Gasteiger charge is 2.39. The molecule has 2 aliphatic rings. The molecule has 2 heterocycles. The van der Waals surface area contributed by atoms with Gasteiger partial charge in [-0.25, -0.2) is 0 Å². The van der Waals surface area contributed by atoms with E-state index < -0.39 is 4.92 Å². The van der Waals surface area contributed by atoms with Crippen LogP contribution in [0.1, 0.15) is 49.9 Å². The van der Waals surface area contributed by atoms with Crippen LogP contribution in [0.4, 0.5) is 5.69 Å². The molecule has 0 aromatic carbocycles. The summed E-state index contributed by atoms with van der Waals surface area (Å²) in [5.41, 5.74) is 0.854. The SMILES string of the molecule is Cc1nn(CCC(=O)N2CCC[C@@H]2[C@@H]2CCCC2=O)c(C)c1[N+](=O)[O-]. The molecule has 2 atom stereocenters. The molecule has 0 spiro atoms. The van der Waals surface area contributed by atoms with Crippen LogP contribution in [0.15, 0.2) is 0 Å². The van der Waals surface area contributed by atoms with Gasteiger partial charge in [0.25, 0.3) is 0 Å². The summed E-state index contributed by atoms with van der Waals surface area (Å²) in [5.74, 6) is 0.303. The Hall–Kier alpha value is -2.25. The molecule has 0 bridgehead atoms. The number of ketones is 1. The van der Waals surface area contributed by atoms with E-state index in [0.717, 1.165) is 25.7 Å². The number of nitrogens with zero attached hydrogens (tertiary/aromatic N) is 4. The highest BCUT2D eigenvalue weighted by molar-refractivity contribution is 5.85. The first kappa shape index (κ1) is 17.6. The van der Waals surface area contributed by atoms with Crippen LogP contribution in [0.2, 0.25) is 0 Å². The van der Waals surface area contributed by atoms with E-state index in [0.29, 0.717) is 36.7 Å². The van der Waals surface area contributed by atoms with E-state index in [1.54, 1.807) is 13.8 Å². The molecule has 25 heavy (non-hydrogen) atoms. The molecule has 1 aromatic rings. The van der Waals surface area contributed by atoms with Gasteiger partial charge in [0.15, 0.2) is 0 Å². The topological polar surface area (TPSA) is 98.3 Å². The zero-order chi connectivity index (χ0) is 18.1. The first-order valence-corrected chi connectivity index (χ1v) is 8.90. The minimum Gasteiger partial charge on any atom is -0.339 e. The van der Waals surface area contributed by atoms with E-state index in [1.165, 1.54) is 4.68 Å². The summed E-state index contributed by atoms with van der Waals surface area (Å²) in [7, 11) is 0. The number of carbonyl (C=O) groups excluding carboxylic acids is 2. The summed E-state index contributed by atoms with van der Waals surface area (Å²) in [4.78, 5) is 37.2. The van der Waals surface area contributed by atoms with Crippen molar-refractivity contribution in [1.82, 2.24) is 14.7 Å². The molecule has 1 saturated carbocycles. The first-order valence-electron chi connectivity index (χ1n) is 8.90. The third-order valence-corrected chi connectivity index (χ3v) is 5.50. The van der Waals surface area contributed by atoms with E-state index in [1.807, 2.05) is 4.90 Å². The zero-order valence-electron chi connectivity index (χ0n) is 14.7. The van der Waals surface area contributed by atoms with Gasteiger partial charge < -0.3 is 4.90 Å². The summed E-state index contributed by atoms with van der Waals surface area (Å²) in [6, 6.07) is 0.0392. The number of aryl methyl sites for hydroxylation is 2. The number of aromatic nitrogens is 2. The molecule has 1 aliphatic carbocycles. The molecule has 0 unspecified atom stereocenters. The fourth-order valence-electron chi connectivity index (χ4n) is 4.28. The molecule has 8 nitrogen and oxygen atoms in total. The van der Waals surface area contributed by atoms with E-state index in [9.17, 15) is 19.7 Å². The van der Waals surface area contributed by atoms with Gasteiger partial charge in [0.05, 0.1) is 11.5 Å². The van der Waals surface area contributed by atoms with E-state index in [-0.39, 0.29) is 30.0 Å². The molecule has 0 radical (unpaired) electrons. The molecule has 1 saturated heterocycles. The van der Waals surface area contributed by atoms with Gasteiger partial charge in [-0.1, -0.05) is 0 Å². The van der Waals surface area contributed by atoms with Crippen LogP contribution in [0.25, 0.3) is 0 Å². The summed E-state index contributed by atoms with van der Waals surface area (Å²) in [6.45, 7) is 4.27. The van der Waals surface area contributed by atoms with Crippen LogP contribution >= 0.6 is 0 Å². The Kier molecular flexibility index (Phi) is 4.87. The molecule has 0 N–H and O–H groups in total. The van der Waals surface area contributed by atoms with Crippen molar-refractivity contribution in [2.45, 2.75) is 65.0 Å². The summed E-state index contributed by atoms with van der Waals surface area (Å²) in [6.07, 6.45) is 4.53. The average Bonchev–Trinajstić information content (AvgIpc) is 3.24. The van der Waals surface area contributed by atoms with Crippen molar-refractivity contribution < 1.29 is 14.5 Å². The Balaban J connectivity index is 1.65. The predicted molar refractivity (Wildman–Crippen MR) is 90.1 cm³/mol. The van der Waals surface area contributed by atoms with Crippen molar-refractivity contribution >= 4 is 17.4 Å². The van der Waals surface area contributed by atoms with Crippen LogP contribution in [0, 0.1) is 29.9 Å². The van der Waals surface area contributed by atoms with Gasteiger partial charge in [-0.2, -0.15) is 5.10 Å². The van der Waals surface area contributed by atoms with Crippen molar-refractivity contribution in [2.24, 2.45) is 5.92 Å². The van der Waals surface area contributed by atoms with Crippen molar-refractivity contribution in [3.05, 3.63) is 21.5 Å². The van der Waals surface area contributed by atoms with Crippen LogP contribution in [-0.2, 0) is 16.1 Å².